The average Bonchev–Trinajstić information content (AvgIpc) is 3.22. The monoisotopic (exact) mass is 431 g/mol. The summed E-state index contributed by atoms with van der Waals surface area (Å²) in [6.07, 6.45) is 0.498. The zero-order valence-electron chi connectivity index (χ0n) is 16.5. The molecule has 0 spiro atoms. The number of carboxylic acids is 1. The molecule has 0 bridgehead atoms. The van der Waals surface area contributed by atoms with Gasteiger partial charge in [0.2, 0.25) is 17.6 Å². The maximum atomic E-state index is 13.9. The Morgan fingerprint density at radius 1 is 1.19 bits per heavy atom. The van der Waals surface area contributed by atoms with Crippen LogP contribution in [0.1, 0.15) is 30.3 Å². The Balaban J connectivity index is 1.55. The van der Waals surface area contributed by atoms with Crippen LogP contribution in [0, 0.1) is 11.6 Å². The zero-order valence-corrected chi connectivity index (χ0v) is 16.5. The number of carbonyl (C=O) groups is 2. The Kier molecular flexibility index (Phi) is 6.91. The minimum absolute atomic E-state index is 0.0685. The summed E-state index contributed by atoms with van der Waals surface area (Å²) in [5, 5.41) is 15.4. The fourth-order valence-electron chi connectivity index (χ4n) is 2.86. The van der Waals surface area contributed by atoms with Gasteiger partial charge in [0.05, 0.1) is 7.11 Å². The summed E-state index contributed by atoms with van der Waals surface area (Å²) in [6, 6.07) is 7.79. The molecule has 0 fully saturated rings. The molecule has 3 rings (SSSR count). The molecular formula is C21H19F2N3O5. The number of aryl methyl sites for hydroxylation is 1. The molecule has 3 aromatic rings. The molecule has 0 radical (unpaired) electrons. The first kappa shape index (κ1) is 21.9. The number of methoxy groups -OCH3 is 1. The standard InChI is InChI=1S/C21H19F2N3O5/c1-30-14-8-5-12(6-9-14)20-25-18(31-26-20)4-2-3-17(27)24-19(21(28)29)15-11-13(22)7-10-16(15)23/h5-11,19H,2-4H2,1H3,(H,24,27)(H,28,29). The van der Waals surface area contributed by atoms with Gasteiger partial charge >= 0.3 is 5.97 Å². The van der Waals surface area contributed by atoms with Gasteiger partial charge in [-0.15, -0.1) is 0 Å². The van der Waals surface area contributed by atoms with Gasteiger partial charge in [-0.05, 0) is 48.9 Å². The lowest BCUT2D eigenvalue weighted by atomic mass is 10.1. The SMILES string of the molecule is COc1ccc(-c2noc(CCCC(=O)NC(C(=O)O)c3cc(F)ccc3F)n2)cc1. The summed E-state index contributed by atoms with van der Waals surface area (Å²) in [6.45, 7) is 0. The van der Waals surface area contributed by atoms with Crippen molar-refractivity contribution in [2.45, 2.75) is 25.3 Å². The topological polar surface area (TPSA) is 115 Å². The van der Waals surface area contributed by atoms with Gasteiger partial charge in [0.25, 0.3) is 0 Å². The minimum Gasteiger partial charge on any atom is -0.497 e. The maximum absolute atomic E-state index is 13.9. The Bertz CT molecular complexity index is 1070. The number of rotatable bonds is 9. The lowest BCUT2D eigenvalue weighted by Gasteiger charge is -2.15. The molecule has 162 valence electrons. The second kappa shape index (κ2) is 9.79. The van der Waals surface area contributed by atoms with Crippen molar-refractivity contribution in [1.82, 2.24) is 15.5 Å². The Morgan fingerprint density at radius 2 is 1.94 bits per heavy atom. The normalized spacial score (nSPS) is 11.7. The summed E-state index contributed by atoms with van der Waals surface area (Å²) in [7, 11) is 1.56. The number of nitrogens with one attached hydrogen (secondary N) is 1. The fourth-order valence-corrected chi connectivity index (χ4v) is 2.86. The van der Waals surface area contributed by atoms with Crippen LogP contribution in [-0.2, 0) is 16.0 Å². The van der Waals surface area contributed by atoms with Gasteiger partial charge in [0, 0.05) is 24.0 Å². The minimum atomic E-state index is -1.70. The molecule has 2 aromatic carbocycles. The fraction of sp³-hybridized carbons (Fsp3) is 0.238. The second-order valence-electron chi connectivity index (χ2n) is 6.60. The van der Waals surface area contributed by atoms with Gasteiger partial charge in [-0.2, -0.15) is 4.98 Å². The quantitative estimate of drug-likeness (QED) is 0.534. The van der Waals surface area contributed by atoms with Crippen LogP contribution in [0.3, 0.4) is 0 Å². The predicted octanol–water partition coefficient (Wildman–Crippen LogP) is 3.29. The van der Waals surface area contributed by atoms with E-state index in [9.17, 15) is 23.5 Å². The van der Waals surface area contributed by atoms with Crippen molar-refractivity contribution in [3.8, 4) is 17.1 Å². The number of carbonyl (C=O) groups excluding carboxylic acids is 1. The largest absolute Gasteiger partial charge is 0.497 e. The Hall–Kier alpha value is -3.82. The molecule has 31 heavy (non-hydrogen) atoms. The summed E-state index contributed by atoms with van der Waals surface area (Å²) in [4.78, 5) is 27.8. The smallest absolute Gasteiger partial charge is 0.331 e. The third-order valence-electron chi connectivity index (χ3n) is 4.43. The Labute approximate surface area is 175 Å². The lowest BCUT2D eigenvalue weighted by molar-refractivity contribution is -0.142. The van der Waals surface area contributed by atoms with Crippen molar-refractivity contribution in [2.24, 2.45) is 0 Å². The van der Waals surface area contributed by atoms with E-state index in [1.54, 1.807) is 31.4 Å². The maximum Gasteiger partial charge on any atom is 0.331 e. The van der Waals surface area contributed by atoms with Crippen molar-refractivity contribution in [2.75, 3.05) is 7.11 Å². The summed E-state index contributed by atoms with van der Waals surface area (Å²) < 4.78 is 37.5. The number of benzene rings is 2. The Morgan fingerprint density at radius 3 is 2.61 bits per heavy atom. The van der Waals surface area contributed by atoms with Gasteiger partial charge in [-0.3, -0.25) is 4.79 Å². The van der Waals surface area contributed by atoms with E-state index in [1.165, 1.54) is 0 Å². The van der Waals surface area contributed by atoms with Crippen molar-refractivity contribution in [3.63, 3.8) is 0 Å². The number of hydrogen-bond donors (Lipinski definition) is 2. The summed E-state index contributed by atoms with van der Waals surface area (Å²) in [5.74, 6) is -2.48. The first-order valence-electron chi connectivity index (χ1n) is 9.31. The number of hydrogen-bond acceptors (Lipinski definition) is 6. The van der Waals surface area contributed by atoms with E-state index < -0.39 is 35.1 Å². The van der Waals surface area contributed by atoms with E-state index in [0.29, 0.717) is 17.5 Å². The summed E-state index contributed by atoms with van der Waals surface area (Å²) >= 11 is 0. The molecule has 1 aromatic heterocycles. The van der Waals surface area contributed by atoms with E-state index in [-0.39, 0.29) is 19.3 Å². The first-order chi connectivity index (χ1) is 14.9. The molecule has 8 nitrogen and oxygen atoms in total. The van der Waals surface area contributed by atoms with Gasteiger partial charge < -0.3 is 19.7 Å². The molecule has 0 aliphatic carbocycles. The lowest BCUT2D eigenvalue weighted by Crippen LogP contribution is -2.34. The molecule has 1 unspecified atom stereocenters. The molecule has 0 saturated carbocycles. The zero-order chi connectivity index (χ0) is 22.4. The third-order valence-corrected chi connectivity index (χ3v) is 4.43. The van der Waals surface area contributed by atoms with Crippen LogP contribution < -0.4 is 10.1 Å². The van der Waals surface area contributed by atoms with Crippen LogP contribution in [0.4, 0.5) is 8.78 Å². The molecule has 0 aliphatic rings. The molecule has 1 heterocycles. The van der Waals surface area contributed by atoms with Crippen LogP contribution in [0.2, 0.25) is 0 Å². The van der Waals surface area contributed by atoms with E-state index in [0.717, 1.165) is 23.8 Å². The van der Waals surface area contributed by atoms with E-state index in [1.807, 2.05) is 0 Å². The third kappa shape index (κ3) is 5.62. The highest BCUT2D eigenvalue weighted by molar-refractivity contribution is 5.84. The number of aromatic nitrogens is 2. The number of nitrogens with zero attached hydrogens (tertiary/aromatic N) is 2. The van der Waals surface area contributed by atoms with Gasteiger partial charge in [-0.1, -0.05) is 5.16 Å². The number of halogens is 2. The molecule has 1 atom stereocenters. The van der Waals surface area contributed by atoms with Crippen molar-refractivity contribution in [1.29, 1.82) is 0 Å². The second-order valence-corrected chi connectivity index (χ2v) is 6.60. The highest BCUT2D eigenvalue weighted by Crippen LogP contribution is 2.21. The molecular weight excluding hydrogens is 412 g/mol. The van der Waals surface area contributed by atoms with Crippen LogP contribution in [-0.4, -0.2) is 34.2 Å². The van der Waals surface area contributed by atoms with Crippen LogP contribution in [0.25, 0.3) is 11.4 Å². The summed E-state index contributed by atoms with van der Waals surface area (Å²) in [5.41, 5.74) is 0.275. The molecule has 0 aliphatic heterocycles. The molecule has 2 N–H and O–H groups in total. The number of carboxylic acid groups (broad SMARTS) is 1. The molecule has 0 saturated heterocycles. The van der Waals surface area contributed by atoms with E-state index >= 15 is 0 Å². The van der Waals surface area contributed by atoms with Gasteiger partial charge in [0.1, 0.15) is 17.4 Å². The van der Waals surface area contributed by atoms with Gasteiger partial charge in [-0.25, -0.2) is 13.6 Å². The van der Waals surface area contributed by atoms with Crippen molar-refractivity contribution >= 4 is 11.9 Å². The molecule has 10 heteroatoms. The average molecular weight is 431 g/mol. The van der Waals surface area contributed by atoms with Gasteiger partial charge in [0.15, 0.2) is 6.04 Å². The van der Waals surface area contributed by atoms with E-state index in [2.05, 4.69) is 15.5 Å². The predicted molar refractivity (Wildman–Crippen MR) is 104 cm³/mol. The van der Waals surface area contributed by atoms with Crippen molar-refractivity contribution in [3.05, 3.63) is 65.6 Å². The first-order valence-corrected chi connectivity index (χ1v) is 9.31. The number of aliphatic carboxylic acids is 1. The van der Waals surface area contributed by atoms with Crippen LogP contribution >= 0.6 is 0 Å². The highest BCUT2D eigenvalue weighted by Gasteiger charge is 2.25. The number of ether oxygens (including phenoxy) is 1. The van der Waals surface area contributed by atoms with Crippen LogP contribution in [0.15, 0.2) is 47.0 Å². The van der Waals surface area contributed by atoms with Crippen molar-refractivity contribution < 1.29 is 32.7 Å². The van der Waals surface area contributed by atoms with E-state index in [4.69, 9.17) is 9.26 Å². The number of amides is 1. The van der Waals surface area contributed by atoms with Crippen LogP contribution in [0.5, 0.6) is 5.75 Å². The molecule has 1 amide bonds. The highest BCUT2D eigenvalue weighted by atomic mass is 19.1.